The summed E-state index contributed by atoms with van der Waals surface area (Å²) >= 11 is 1.86. The van der Waals surface area contributed by atoms with E-state index in [2.05, 4.69) is 32.0 Å². The van der Waals surface area contributed by atoms with Crippen molar-refractivity contribution in [1.82, 2.24) is 15.5 Å². The van der Waals surface area contributed by atoms with Crippen molar-refractivity contribution in [3.8, 4) is 0 Å². The van der Waals surface area contributed by atoms with Gasteiger partial charge in [0.15, 0.2) is 15.8 Å². The van der Waals surface area contributed by atoms with Gasteiger partial charge in [0.1, 0.15) is 0 Å². The second-order valence-corrected chi connectivity index (χ2v) is 9.37. The summed E-state index contributed by atoms with van der Waals surface area (Å²) in [7, 11) is -1.14. The molecule has 23 heavy (non-hydrogen) atoms. The lowest BCUT2D eigenvalue weighted by Crippen LogP contribution is -2.46. The van der Waals surface area contributed by atoms with Crippen LogP contribution in [0, 0.1) is 0 Å². The minimum atomic E-state index is -2.86. The topological polar surface area (TPSA) is 73.8 Å². The number of aliphatic imine (C=N–C) groups is 1. The minimum absolute atomic E-state index is 0.0189. The molecule has 6 nitrogen and oxygen atoms in total. The molecule has 128 valence electrons. The van der Waals surface area contributed by atoms with Crippen molar-refractivity contribution in [2.45, 2.75) is 25.4 Å². The average molecular weight is 357 g/mol. The van der Waals surface area contributed by atoms with E-state index in [1.807, 2.05) is 11.3 Å². The zero-order chi connectivity index (χ0) is 16.3. The molecule has 3 heterocycles. The van der Waals surface area contributed by atoms with E-state index in [4.69, 9.17) is 0 Å². The first kappa shape index (κ1) is 16.7. The fourth-order valence-electron chi connectivity index (χ4n) is 3.13. The first-order valence-corrected chi connectivity index (χ1v) is 10.7. The molecule has 1 unspecified atom stereocenters. The summed E-state index contributed by atoms with van der Waals surface area (Å²) in [5.41, 5.74) is 1.46. The third kappa shape index (κ3) is 4.45. The van der Waals surface area contributed by atoms with E-state index in [0.29, 0.717) is 12.4 Å². The zero-order valence-electron chi connectivity index (χ0n) is 13.4. The summed E-state index contributed by atoms with van der Waals surface area (Å²) in [5, 5.41) is 8.68. The van der Waals surface area contributed by atoms with E-state index >= 15 is 0 Å². The molecule has 1 aromatic rings. The van der Waals surface area contributed by atoms with Gasteiger partial charge in [-0.05, 0) is 29.9 Å². The summed E-state index contributed by atoms with van der Waals surface area (Å²) < 4.78 is 23.0. The Hall–Kier alpha value is -1.12. The molecule has 0 amide bonds. The van der Waals surface area contributed by atoms with Gasteiger partial charge < -0.3 is 10.6 Å². The first-order chi connectivity index (χ1) is 11.1. The fraction of sp³-hybridized carbons (Fsp3) is 0.667. The van der Waals surface area contributed by atoms with Crippen molar-refractivity contribution < 1.29 is 8.42 Å². The monoisotopic (exact) mass is 356 g/mol. The Morgan fingerprint density at radius 3 is 3.13 bits per heavy atom. The van der Waals surface area contributed by atoms with Crippen LogP contribution in [0.15, 0.2) is 16.4 Å². The number of sulfone groups is 1. The molecule has 8 heteroatoms. The quantitative estimate of drug-likeness (QED) is 0.606. The number of nitrogens with zero attached hydrogens (tertiary/aromatic N) is 2. The van der Waals surface area contributed by atoms with Gasteiger partial charge in [-0.2, -0.15) is 0 Å². The molecule has 1 aromatic heterocycles. The molecule has 0 saturated carbocycles. The van der Waals surface area contributed by atoms with Gasteiger partial charge in [-0.15, -0.1) is 11.3 Å². The highest BCUT2D eigenvalue weighted by Gasteiger charge is 2.28. The van der Waals surface area contributed by atoms with Crippen LogP contribution >= 0.6 is 11.3 Å². The molecule has 0 aliphatic carbocycles. The molecule has 1 fully saturated rings. The fourth-order valence-corrected chi connectivity index (χ4v) is 5.69. The highest BCUT2D eigenvalue weighted by molar-refractivity contribution is 7.91. The number of hydrogen-bond donors (Lipinski definition) is 2. The summed E-state index contributed by atoms with van der Waals surface area (Å²) in [6.07, 6.45) is 1.80. The molecule has 2 aliphatic rings. The van der Waals surface area contributed by atoms with E-state index in [9.17, 15) is 8.42 Å². The standard InChI is InChI=1S/C15H24N4O2S2/c1-16-15(18-13-4-9-23(20,21)11-13)17-5-7-19-6-2-14-12(10-19)3-8-22-14/h3,8,13H,2,4-7,9-11H2,1H3,(H2,16,17,18). The second-order valence-electron chi connectivity index (χ2n) is 6.14. The lowest BCUT2D eigenvalue weighted by atomic mass is 10.1. The largest absolute Gasteiger partial charge is 0.355 e. The Balaban J connectivity index is 1.41. The molecule has 2 N–H and O–H groups in total. The highest BCUT2D eigenvalue weighted by atomic mass is 32.2. The summed E-state index contributed by atoms with van der Waals surface area (Å²) in [4.78, 5) is 8.15. The lowest BCUT2D eigenvalue weighted by Gasteiger charge is -2.27. The zero-order valence-corrected chi connectivity index (χ0v) is 15.0. The van der Waals surface area contributed by atoms with Crippen LogP contribution in [0.1, 0.15) is 16.9 Å². The third-order valence-electron chi connectivity index (χ3n) is 4.40. The molecule has 1 saturated heterocycles. The van der Waals surface area contributed by atoms with Crippen molar-refractivity contribution in [3.63, 3.8) is 0 Å². The summed E-state index contributed by atoms with van der Waals surface area (Å²) in [5.74, 6) is 1.18. The SMILES string of the molecule is CN=C(NCCN1CCc2sccc2C1)NC1CCS(=O)(=O)C1. The minimum Gasteiger partial charge on any atom is -0.355 e. The average Bonchev–Trinajstić information content (AvgIpc) is 3.11. The maximum absolute atomic E-state index is 11.5. The van der Waals surface area contributed by atoms with Crippen LogP contribution in [0.5, 0.6) is 0 Å². The van der Waals surface area contributed by atoms with Gasteiger partial charge in [0.2, 0.25) is 0 Å². The van der Waals surface area contributed by atoms with Gasteiger partial charge in [0.25, 0.3) is 0 Å². The van der Waals surface area contributed by atoms with Gasteiger partial charge in [0.05, 0.1) is 11.5 Å². The predicted molar refractivity (Wildman–Crippen MR) is 94.9 cm³/mol. The van der Waals surface area contributed by atoms with Crippen LogP contribution in [-0.2, 0) is 22.8 Å². The second kappa shape index (κ2) is 7.19. The van der Waals surface area contributed by atoms with Gasteiger partial charge >= 0.3 is 0 Å². The molecular formula is C15H24N4O2S2. The molecule has 3 rings (SSSR count). The maximum Gasteiger partial charge on any atom is 0.191 e. The summed E-state index contributed by atoms with van der Waals surface area (Å²) in [6, 6.07) is 2.20. The molecule has 1 atom stereocenters. The van der Waals surface area contributed by atoms with Crippen molar-refractivity contribution >= 4 is 27.1 Å². The number of nitrogens with one attached hydrogen (secondary N) is 2. The highest BCUT2D eigenvalue weighted by Crippen LogP contribution is 2.23. The van der Waals surface area contributed by atoms with Crippen molar-refractivity contribution in [3.05, 3.63) is 21.9 Å². The van der Waals surface area contributed by atoms with Crippen LogP contribution in [-0.4, -0.2) is 63.5 Å². The Morgan fingerprint density at radius 2 is 2.39 bits per heavy atom. The smallest absolute Gasteiger partial charge is 0.191 e. The van der Waals surface area contributed by atoms with Gasteiger partial charge in [0, 0.05) is 44.1 Å². The van der Waals surface area contributed by atoms with Crippen LogP contribution in [0.3, 0.4) is 0 Å². The molecule has 2 aliphatic heterocycles. The van der Waals surface area contributed by atoms with E-state index in [-0.39, 0.29) is 17.5 Å². The number of hydrogen-bond acceptors (Lipinski definition) is 5. The molecule has 0 aromatic carbocycles. The number of guanidine groups is 1. The van der Waals surface area contributed by atoms with Gasteiger partial charge in [-0.3, -0.25) is 9.89 Å². The molecule has 0 spiro atoms. The Morgan fingerprint density at radius 1 is 1.52 bits per heavy atom. The summed E-state index contributed by atoms with van der Waals surface area (Å²) in [6.45, 7) is 3.88. The predicted octanol–water partition coefficient (Wildman–Crippen LogP) is 0.458. The van der Waals surface area contributed by atoms with E-state index in [1.165, 1.54) is 10.4 Å². The third-order valence-corrected chi connectivity index (χ3v) is 7.20. The Bertz CT molecular complexity index is 669. The molecular weight excluding hydrogens is 332 g/mol. The van der Waals surface area contributed by atoms with Crippen molar-refractivity contribution in [1.29, 1.82) is 0 Å². The van der Waals surface area contributed by atoms with Gasteiger partial charge in [-0.1, -0.05) is 0 Å². The Kier molecular flexibility index (Phi) is 5.23. The maximum atomic E-state index is 11.5. The van der Waals surface area contributed by atoms with Gasteiger partial charge in [-0.25, -0.2) is 8.42 Å². The number of fused-ring (bicyclic) bond motifs is 1. The Labute approximate surface area is 141 Å². The van der Waals surface area contributed by atoms with Crippen molar-refractivity contribution in [2.24, 2.45) is 4.99 Å². The van der Waals surface area contributed by atoms with E-state index in [1.54, 1.807) is 7.05 Å². The number of rotatable bonds is 4. The van der Waals surface area contributed by atoms with E-state index in [0.717, 1.165) is 32.6 Å². The van der Waals surface area contributed by atoms with Crippen LogP contribution in [0.25, 0.3) is 0 Å². The normalized spacial score (nSPS) is 24.4. The number of thiophene rings is 1. The lowest BCUT2D eigenvalue weighted by molar-refractivity contribution is 0.260. The van der Waals surface area contributed by atoms with E-state index < -0.39 is 9.84 Å². The van der Waals surface area contributed by atoms with Crippen LogP contribution in [0.4, 0.5) is 0 Å². The van der Waals surface area contributed by atoms with Crippen LogP contribution in [0.2, 0.25) is 0 Å². The first-order valence-electron chi connectivity index (χ1n) is 8.01. The van der Waals surface area contributed by atoms with Crippen molar-refractivity contribution in [2.75, 3.05) is 38.2 Å². The molecule has 0 radical (unpaired) electrons. The van der Waals surface area contributed by atoms with Crippen LogP contribution < -0.4 is 10.6 Å². The molecule has 0 bridgehead atoms.